The van der Waals surface area contributed by atoms with Gasteiger partial charge >= 0.3 is 6.18 Å². The first kappa shape index (κ1) is 16.9. The van der Waals surface area contributed by atoms with E-state index in [-0.39, 0.29) is 20.6 Å². The maximum Gasteiger partial charge on any atom is 0.416 e. The zero-order chi connectivity index (χ0) is 16.5. The molecule has 0 aliphatic heterocycles. The Balaban J connectivity index is 2.35. The van der Waals surface area contributed by atoms with Crippen LogP contribution >= 0.6 is 23.2 Å². The molecule has 2 aromatic rings. The molecule has 0 aliphatic carbocycles. The Morgan fingerprint density at radius 2 is 1.41 bits per heavy atom. The molecule has 0 amide bonds. The molecule has 0 saturated carbocycles. The van der Waals surface area contributed by atoms with E-state index in [4.69, 9.17) is 23.2 Å². The summed E-state index contributed by atoms with van der Waals surface area (Å²) in [6.45, 7) is 0. The molecular formula is C13H8Cl2F3NO2S. The third-order valence-electron chi connectivity index (χ3n) is 2.69. The number of benzene rings is 2. The number of alkyl halides is 3. The monoisotopic (exact) mass is 369 g/mol. The van der Waals surface area contributed by atoms with E-state index in [1.165, 1.54) is 18.2 Å². The van der Waals surface area contributed by atoms with Crippen molar-refractivity contribution >= 4 is 38.9 Å². The lowest BCUT2D eigenvalue weighted by Crippen LogP contribution is -2.14. The zero-order valence-corrected chi connectivity index (χ0v) is 13.0. The van der Waals surface area contributed by atoms with E-state index in [1.54, 1.807) is 0 Å². The van der Waals surface area contributed by atoms with Crippen LogP contribution in [0.1, 0.15) is 5.56 Å². The summed E-state index contributed by atoms with van der Waals surface area (Å²) in [7, 11) is -4.11. The SMILES string of the molecule is O=S(=O)(Nc1c(Cl)cccc1Cl)c1ccc(C(F)(F)F)cc1. The first-order valence-electron chi connectivity index (χ1n) is 5.75. The molecule has 0 saturated heterocycles. The highest BCUT2D eigenvalue weighted by atomic mass is 35.5. The van der Waals surface area contributed by atoms with Gasteiger partial charge in [-0.2, -0.15) is 13.2 Å². The molecule has 0 fully saturated rings. The molecule has 22 heavy (non-hydrogen) atoms. The number of hydrogen-bond donors (Lipinski definition) is 1. The van der Waals surface area contributed by atoms with Crippen LogP contribution in [0.3, 0.4) is 0 Å². The largest absolute Gasteiger partial charge is 0.416 e. The fourth-order valence-corrected chi connectivity index (χ4v) is 3.32. The molecule has 2 aromatic carbocycles. The molecule has 0 atom stereocenters. The molecule has 0 radical (unpaired) electrons. The summed E-state index contributed by atoms with van der Waals surface area (Å²) < 4.78 is 63.9. The number of rotatable bonds is 3. The first-order valence-corrected chi connectivity index (χ1v) is 7.99. The Morgan fingerprint density at radius 1 is 0.909 bits per heavy atom. The van der Waals surface area contributed by atoms with E-state index in [0.717, 1.165) is 12.1 Å². The second-order valence-corrected chi connectivity index (χ2v) is 6.72. The standard InChI is InChI=1S/C13H8Cl2F3NO2S/c14-10-2-1-3-11(15)12(10)19-22(20,21)9-6-4-8(5-7-9)13(16,17)18/h1-7,19H. The third kappa shape index (κ3) is 3.66. The number of anilines is 1. The minimum atomic E-state index is -4.54. The summed E-state index contributed by atoms with van der Waals surface area (Å²) >= 11 is 11.7. The molecule has 118 valence electrons. The van der Waals surface area contributed by atoms with Crippen LogP contribution in [0.15, 0.2) is 47.4 Å². The van der Waals surface area contributed by atoms with E-state index in [9.17, 15) is 21.6 Å². The number of nitrogens with one attached hydrogen (secondary N) is 1. The van der Waals surface area contributed by atoms with Crippen molar-refractivity contribution in [1.82, 2.24) is 0 Å². The number of halogens is 5. The summed E-state index contributed by atoms with van der Waals surface area (Å²) in [6.07, 6.45) is -4.54. The summed E-state index contributed by atoms with van der Waals surface area (Å²) in [4.78, 5) is -0.337. The zero-order valence-electron chi connectivity index (χ0n) is 10.7. The van der Waals surface area contributed by atoms with Crippen molar-refractivity contribution in [1.29, 1.82) is 0 Å². The van der Waals surface area contributed by atoms with E-state index in [2.05, 4.69) is 4.72 Å². The van der Waals surface area contributed by atoms with Gasteiger partial charge in [0.2, 0.25) is 0 Å². The maximum absolute atomic E-state index is 12.5. The second kappa shape index (κ2) is 5.98. The quantitative estimate of drug-likeness (QED) is 0.843. The predicted molar refractivity (Wildman–Crippen MR) is 78.7 cm³/mol. The molecule has 0 unspecified atom stereocenters. The Bertz CT molecular complexity index is 770. The van der Waals surface area contributed by atoms with Crippen LogP contribution in [-0.4, -0.2) is 8.42 Å². The fraction of sp³-hybridized carbons (Fsp3) is 0.0769. The van der Waals surface area contributed by atoms with Crippen LogP contribution in [-0.2, 0) is 16.2 Å². The molecule has 0 spiro atoms. The maximum atomic E-state index is 12.5. The Morgan fingerprint density at radius 3 is 1.86 bits per heavy atom. The van der Waals surface area contributed by atoms with Crippen molar-refractivity contribution in [3.63, 3.8) is 0 Å². The van der Waals surface area contributed by atoms with Gasteiger partial charge in [-0.1, -0.05) is 29.3 Å². The van der Waals surface area contributed by atoms with Gasteiger partial charge in [-0.25, -0.2) is 8.42 Å². The highest BCUT2D eigenvalue weighted by Gasteiger charge is 2.30. The van der Waals surface area contributed by atoms with Crippen LogP contribution in [0, 0.1) is 0 Å². The van der Waals surface area contributed by atoms with Gasteiger partial charge in [-0.05, 0) is 36.4 Å². The number of para-hydroxylation sites is 1. The molecule has 1 N–H and O–H groups in total. The molecule has 3 nitrogen and oxygen atoms in total. The van der Waals surface area contributed by atoms with Gasteiger partial charge in [0, 0.05) is 0 Å². The lowest BCUT2D eigenvalue weighted by Gasteiger charge is -2.12. The summed E-state index contributed by atoms with van der Waals surface area (Å²) in [5.41, 5.74) is -0.979. The number of sulfonamides is 1. The minimum Gasteiger partial charge on any atom is -0.277 e. The van der Waals surface area contributed by atoms with Crippen LogP contribution < -0.4 is 4.72 Å². The minimum absolute atomic E-state index is 0.0364. The Kier molecular flexibility index (Phi) is 4.60. The van der Waals surface area contributed by atoms with Gasteiger partial charge in [-0.3, -0.25) is 4.72 Å². The Labute approximate surface area is 134 Å². The molecule has 0 aromatic heterocycles. The van der Waals surface area contributed by atoms with Crippen molar-refractivity contribution in [2.24, 2.45) is 0 Å². The van der Waals surface area contributed by atoms with E-state index in [1.807, 2.05) is 0 Å². The van der Waals surface area contributed by atoms with Crippen LogP contribution in [0.2, 0.25) is 10.0 Å². The Hall–Kier alpha value is -1.44. The smallest absolute Gasteiger partial charge is 0.277 e. The molecule has 0 bridgehead atoms. The van der Waals surface area contributed by atoms with Crippen LogP contribution in [0.4, 0.5) is 18.9 Å². The molecule has 0 heterocycles. The van der Waals surface area contributed by atoms with Crippen molar-refractivity contribution in [3.8, 4) is 0 Å². The van der Waals surface area contributed by atoms with E-state index in [0.29, 0.717) is 12.1 Å². The molecule has 0 aliphatic rings. The molecule has 9 heteroatoms. The topological polar surface area (TPSA) is 46.2 Å². The van der Waals surface area contributed by atoms with Crippen molar-refractivity contribution in [2.45, 2.75) is 11.1 Å². The normalized spacial score (nSPS) is 12.2. The van der Waals surface area contributed by atoms with Crippen molar-refractivity contribution in [3.05, 3.63) is 58.1 Å². The van der Waals surface area contributed by atoms with Crippen LogP contribution in [0.25, 0.3) is 0 Å². The average Bonchev–Trinajstić information content (AvgIpc) is 2.42. The highest BCUT2D eigenvalue weighted by molar-refractivity contribution is 7.92. The average molecular weight is 370 g/mol. The predicted octanol–water partition coefficient (Wildman–Crippen LogP) is 4.81. The van der Waals surface area contributed by atoms with Crippen LogP contribution in [0.5, 0.6) is 0 Å². The lowest BCUT2D eigenvalue weighted by molar-refractivity contribution is -0.137. The van der Waals surface area contributed by atoms with Gasteiger partial charge in [0.15, 0.2) is 0 Å². The van der Waals surface area contributed by atoms with Crippen molar-refractivity contribution < 1.29 is 21.6 Å². The van der Waals surface area contributed by atoms with Gasteiger partial charge in [-0.15, -0.1) is 0 Å². The number of hydrogen-bond acceptors (Lipinski definition) is 2. The van der Waals surface area contributed by atoms with E-state index >= 15 is 0 Å². The fourth-order valence-electron chi connectivity index (χ4n) is 1.61. The summed E-state index contributed by atoms with van der Waals surface area (Å²) in [5.74, 6) is 0. The molecule has 2 rings (SSSR count). The molecular weight excluding hydrogens is 362 g/mol. The summed E-state index contributed by atoms with van der Waals surface area (Å²) in [5, 5.41) is 0.144. The summed E-state index contributed by atoms with van der Waals surface area (Å²) in [6, 6.07) is 7.47. The van der Waals surface area contributed by atoms with Gasteiger partial charge in [0.05, 0.1) is 26.2 Å². The second-order valence-electron chi connectivity index (χ2n) is 4.22. The van der Waals surface area contributed by atoms with E-state index < -0.39 is 21.8 Å². The third-order valence-corrected chi connectivity index (χ3v) is 4.69. The first-order chi connectivity index (χ1) is 10.1. The highest BCUT2D eigenvalue weighted by Crippen LogP contribution is 2.33. The van der Waals surface area contributed by atoms with Crippen molar-refractivity contribution in [2.75, 3.05) is 4.72 Å². The van der Waals surface area contributed by atoms with Gasteiger partial charge in [0.25, 0.3) is 10.0 Å². The van der Waals surface area contributed by atoms with Gasteiger partial charge < -0.3 is 0 Å². The van der Waals surface area contributed by atoms with Gasteiger partial charge in [0.1, 0.15) is 0 Å². The lowest BCUT2D eigenvalue weighted by atomic mass is 10.2.